The van der Waals surface area contributed by atoms with E-state index in [4.69, 9.17) is 11.6 Å². The van der Waals surface area contributed by atoms with Crippen molar-refractivity contribution in [2.24, 2.45) is 0 Å². The summed E-state index contributed by atoms with van der Waals surface area (Å²) in [4.78, 5) is 14.7. The van der Waals surface area contributed by atoms with Gasteiger partial charge in [-0.2, -0.15) is 0 Å². The Morgan fingerprint density at radius 2 is 2.00 bits per heavy atom. The smallest absolute Gasteiger partial charge is 0.151 e. The van der Waals surface area contributed by atoms with Gasteiger partial charge in [-0.15, -0.1) is 24.0 Å². The normalized spacial score (nSPS) is 8.75. The number of halogens is 2. The summed E-state index contributed by atoms with van der Waals surface area (Å²) in [7, 11) is 0. The molecule has 66 valence electrons. The number of ketones is 1. The number of nitrogens with zero attached hydrogens (tertiary/aromatic N) is 1. The van der Waals surface area contributed by atoms with Crippen molar-refractivity contribution in [3.05, 3.63) is 30.1 Å². The maximum atomic E-state index is 10.8. The van der Waals surface area contributed by atoms with Crippen molar-refractivity contribution in [1.82, 2.24) is 4.98 Å². The molecule has 0 radical (unpaired) electrons. The van der Waals surface area contributed by atoms with Gasteiger partial charge in [0.25, 0.3) is 0 Å². The molecular formula is C8H9Cl2NO. The lowest BCUT2D eigenvalue weighted by atomic mass is 10.1. The molecular weight excluding hydrogens is 197 g/mol. The van der Waals surface area contributed by atoms with E-state index < -0.39 is 0 Å². The first-order valence-corrected chi connectivity index (χ1v) is 3.83. The first kappa shape index (κ1) is 11.4. The molecule has 0 amide bonds. The molecule has 0 aliphatic carbocycles. The van der Waals surface area contributed by atoms with E-state index >= 15 is 0 Å². The van der Waals surface area contributed by atoms with Crippen molar-refractivity contribution >= 4 is 29.8 Å². The van der Waals surface area contributed by atoms with Gasteiger partial charge >= 0.3 is 0 Å². The van der Waals surface area contributed by atoms with Gasteiger partial charge in [0.05, 0.1) is 5.88 Å². The maximum Gasteiger partial charge on any atom is 0.151 e. The van der Waals surface area contributed by atoms with Crippen LogP contribution in [0.5, 0.6) is 0 Å². The van der Waals surface area contributed by atoms with E-state index in [1.54, 1.807) is 12.4 Å². The molecule has 0 aliphatic heterocycles. The Bertz CT molecular complexity index is 238. The lowest BCUT2D eigenvalue weighted by Gasteiger charge is -1.95. The van der Waals surface area contributed by atoms with Gasteiger partial charge in [-0.05, 0) is 17.7 Å². The third kappa shape index (κ3) is 3.69. The second-order valence-electron chi connectivity index (χ2n) is 2.20. The molecule has 0 atom stereocenters. The van der Waals surface area contributed by atoms with Gasteiger partial charge < -0.3 is 0 Å². The Balaban J connectivity index is 0.00000121. The minimum absolute atomic E-state index is 0. The van der Waals surface area contributed by atoms with Gasteiger partial charge in [0.15, 0.2) is 5.78 Å². The number of pyridine rings is 1. The van der Waals surface area contributed by atoms with E-state index in [0.29, 0.717) is 6.42 Å². The van der Waals surface area contributed by atoms with Gasteiger partial charge in [-0.3, -0.25) is 9.78 Å². The Hall–Kier alpha value is -0.600. The van der Waals surface area contributed by atoms with Crippen molar-refractivity contribution < 1.29 is 4.79 Å². The SMILES string of the molecule is Cl.O=C(CCl)Cc1ccncc1. The molecule has 0 unspecified atom stereocenters. The van der Waals surface area contributed by atoms with Crippen LogP contribution in [0.2, 0.25) is 0 Å². The molecule has 1 heterocycles. The van der Waals surface area contributed by atoms with E-state index in [9.17, 15) is 4.79 Å². The molecule has 0 aliphatic rings. The molecule has 0 aromatic carbocycles. The highest BCUT2D eigenvalue weighted by molar-refractivity contribution is 6.27. The van der Waals surface area contributed by atoms with Gasteiger partial charge in [0.2, 0.25) is 0 Å². The molecule has 12 heavy (non-hydrogen) atoms. The molecule has 0 spiro atoms. The minimum Gasteiger partial charge on any atom is -0.298 e. The third-order valence-corrected chi connectivity index (χ3v) is 1.60. The molecule has 0 saturated carbocycles. The summed E-state index contributed by atoms with van der Waals surface area (Å²) in [5, 5.41) is 0. The molecule has 1 aromatic rings. The number of hydrogen-bond acceptors (Lipinski definition) is 2. The van der Waals surface area contributed by atoms with Crippen molar-refractivity contribution in [3.63, 3.8) is 0 Å². The monoisotopic (exact) mass is 205 g/mol. The van der Waals surface area contributed by atoms with Gasteiger partial charge in [0, 0.05) is 18.8 Å². The Morgan fingerprint density at radius 1 is 1.42 bits per heavy atom. The van der Waals surface area contributed by atoms with Crippen LogP contribution in [0.4, 0.5) is 0 Å². The largest absolute Gasteiger partial charge is 0.298 e. The summed E-state index contributed by atoms with van der Waals surface area (Å²) in [5.74, 6) is 0.125. The third-order valence-electron chi connectivity index (χ3n) is 1.30. The average Bonchev–Trinajstić information content (AvgIpc) is 2.06. The first-order chi connectivity index (χ1) is 5.33. The van der Waals surface area contributed by atoms with Crippen LogP contribution in [0.15, 0.2) is 24.5 Å². The molecule has 1 aromatic heterocycles. The molecule has 0 saturated heterocycles. The maximum absolute atomic E-state index is 10.8. The summed E-state index contributed by atoms with van der Waals surface area (Å²) in [6, 6.07) is 3.62. The van der Waals surface area contributed by atoms with E-state index in [2.05, 4.69) is 4.98 Å². The zero-order chi connectivity index (χ0) is 8.10. The fourth-order valence-corrected chi connectivity index (χ4v) is 0.870. The van der Waals surface area contributed by atoms with Crippen LogP contribution in [-0.2, 0) is 11.2 Å². The number of aromatic nitrogens is 1. The van der Waals surface area contributed by atoms with Crippen LogP contribution in [-0.4, -0.2) is 16.6 Å². The molecule has 4 heteroatoms. The topological polar surface area (TPSA) is 30.0 Å². The van der Waals surface area contributed by atoms with E-state index in [1.165, 1.54) is 0 Å². The summed E-state index contributed by atoms with van der Waals surface area (Å²) in [6.45, 7) is 0. The number of Topliss-reactive ketones (excluding diaryl/α,β-unsaturated/α-hetero) is 1. The Labute approximate surface area is 82.4 Å². The van der Waals surface area contributed by atoms with Crippen molar-refractivity contribution in [3.8, 4) is 0 Å². The number of alkyl halides is 1. The predicted molar refractivity (Wildman–Crippen MR) is 50.9 cm³/mol. The number of carbonyl (C=O) groups excluding carboxylic acids is 1. The van der Waals surface area contributed by atoms with Gasteiger partial charge in [-0.1, -0.05) is 0 Å². The average molecular weight is 206 g/mol. The molecule has 1 rings (SSSR count). The van der Waals surface area contributed by atoms with Gasteiger partial charge in [-0.25, -0.2) is 0 Å². The highest BCUT2D eigenvalue weighted by Gasteiger charge is 1.99. The van der Waals surface area contributed by atoms with Crippen molar-refractivity contribution in [1.29, 1.82) is 0 Å². The van der Waals surface area contributed by atoms with Crippen LogP contribution < -0.4 is 0 Å². The highest BCUT2D eigenvalue weighted by atomic mass is 35.5. The van der Waals surface area contributed by atoms with Crippen LogP contribution in [0.1, 0.15) is 5.56 Å². The number of rotatable bonds is 3. The predicted octanol–water partition coefficient (Wildman–Crippen LogP) is 1.85. The first-order valence-electron chi connectivity index (χ1n) is 3.29. The quantitative estimate of drug-likeness (QED) is 0.706. The van der Waals surface area contributed by atoms with E-state index in [1.807, 2.05) is 12.1 Å². The zero-order valence-electron chi connectivity index (χ0n) is 6.37. The van der Waals surface area contributed by atoms with E-state index in [0.717, 1.165) is 5.56 Å². The lowest BCUT2D eigenvalue weighted by Crippen LogP contribution is -2.03. The lowest BCUT2D eigenvalue weighted by molar-refractivity contribution is -0.116. The molecule has 0 N–H and O–H groups in total. The zero-order valence-corrected chi connectivity index (χ0v) is 7.94. The second kappa shape index (κ2) is 5.98. The fourth-order valence-electron chi connectivity index (χ4n) is 0.776. The summed E-state index contributed by atoms with van der Waals surface area (Å²) in [6.07, 6.45) is 3.74. The molecule has 0 fully saturated rings. The second-order valence-corrected chi connectivity index (χ2v) is 2.47. The summed E-state index contributed by atoms with van der Waals surface area (Å²) < 4.78 is 0. The van der Waals surface area contributed by atoms with Crippen LogP contribution in [0.3, 0.4) is 0 Å². The summed E-state index contributed by atoms with van der Waals surface area (Å²) >= 11 is 5.34. The minimum atomic E-state index is 0. The Morgan fingerprint density at radius 3 is 2.50 bits per heavy atom. The van der Waals surface area contributed by atoms with Crippen LogP contribution >= 0.6 is 24.0 Å². The highest BCUT2D eigenvalue weighted by Crippen LogP contribution is 1.98. The number of carbonyl (C=O) groups is 1. The molecule has 0 bridgehead atoms. The van der Waals surface area contributed by atoms with Crippen LogP contribution in [0, 0.1) is 0 Å². The Kier molecular flexibility index (Phi) is 5.68. The van der Waals surface area contributed by atoms with E-state index in [-0.39, 0.29) is 24.1 Å². The number of hydrogen-bond donors (Lipinski definition) is 0. The van der Waals surface area contributed by atoms with Crippen LogP contribution in [0.25, 0.3) is 0 Å². The molecule has 2 nitrogen and oxygen atoms in total. The fraction of sp³-hybridized carbons (Fsp3) is 0.250. The van der Waals surface area contributed by atoms with Crippen molar-refractivity contribution in [2.75, 3.05) is 5.88 Å². The van der Waals surface area contributed by atoms with Gasteiger partial charge in [0.1, 0.15) is 0 Å². The standard InChI is InChI=1S/C8H8ClNO.ClH/c9-6-8(11)5-7-1-3-10-4-2-7;/h1-4H,5-6H2;1H. The summed E-state index contributed by atoms with van der Waals surface area (Å²) in [5.41, 5.74) is 0.964. The van der Waals surface area contributed by atoms with Crippen molar-refractivity contribution in [2.45, 2.75) is 6.42 Å².